The number of thiocarbonyl (C=S) groups is 1. The molecule has 1 aliphatic carbocycles. The van der Waals surface area contributed by atoms with Crippen LogP contribution in [0.1, 0.15) is 32.3 Å². The monoisotopic (exact) mass is 410 g/mol. The SMILES string of the molecule is CC1(C)CC(=O)C(C(=S)Nc2cccc([N+](=O)[O-])c2)=C(NCc2ccncc2)C1. The second-order valence-electron chi connectivity index (χ2n) is 7.77. The van der Waals surface area contributed by atoms with Gasteiger partial charge in [-0.3, -0.25) is 19.9 Å². The lowest BCUT2D eigenvalue weighted by molar-refractivity contribution is -0.384. The first-order valence-corrected chi connectivity index (χ1v) is 9.61. The molecule has 0 aliphatic heterocycles. The Morgan fingerprint density at radius 3 is 2.66 bits per heavy atom. The number of aromatic nitrogens is 1. The highest BCUT2D eigenvalue weighted by molar-refractivity contribution is 7.81. The summed E-state index contributed by atoms with van der Waals surface area (Å²) in [5.41, 5.74) is 2.52. The highest BCUT2D eigenvalue weighted by atomic mass is 32.1. The number of hydrogen-bond acceptors (Lipinski definition) is 6. The minimum Gasteiger partial charge on any atom is -0.384 e. The zero-order chi connectivity index (χ0) is 21.0. The molecule has 2 N–H and O–H groups in total. The summed E-state index contributed by atoms with van der Waals surface area (Å²) in [7, 11) is 0. The first kappa shape index (κ1) is 20.6. The van der Waals surface area contributed by atoms with Crippen molar-refractivity contribution in [1.82, 2.24) is 10.3 Å². The van der Waals surface area contributed by atoms with Gasteiger partial charge in [-0.1, -0.05) is 32.1 Å². The summed E-state index contributed by atoms with van der Waals surface area (Å²) in [6.45, 7) is 4.64. The topological polar surface area (TPSA) is 97.2 Å². The van der Waals surface area contributed by atoms with Crippen molar-refractivity contribution >= 4 is 34.4 Å². The van der Waals surface area contributed by atoms with Gasteiger partial charge < -0.3 is 10.6 Å². The molecule has 7 nitrogen and oxygen atoms in total. The van der Waals surface area contributed by atoms with Crippen LogP contribution >= 0.6 is 12.2 Å². The van der Waals surface area contributed by atoms with Gasteiger partial charge in [0.15, 0.2) is 5.78 Å². The van der Waals surface area contributed by atoms with E-state index in [1.165, 1.54) is 12.1 Å². The van der Waals surface area contributed by atoms with Gasteiger partial charge >= 0.3 is 0 Å². The third kappa shape index (κ3) is 5.23. The van der Waals surface area contributed by atoms with Crippen molar-refractivity contribution in [2.24, 2.45) is 5.41 Å². The lowest BCUT2D eigenvalue weighted by Gasteiger charge is -2.33. The lowest BCUT2D eigenvalue weighted by Crippen LogP contribution is -2.35. The molecule has 1 aromatic heterocycles. The first-order valence-electron chi connectivity index (χ1n) is 9.20. The summed E-state index contributed by atoms with van der Waals surface area (Å²) >= 11 is 5.52. The quantitative estimate of drug-likeness (QED) is 0.419. The van der Waals surface area contributed by atoms with Crippen LogP contribution in [0, 0.1) is 15.5 Å². The Labute approximate surface area is 174 Å². The van der Waals surface area contributed by atoms with E-state index in [1.54, 1.807) is 24.5 Å². The van der Waals surface area contributed by atoms with Crippen molar-refractivity contribution in [3.8, 4) is 0 Å². The van der Waals surface area contributed by atoms with Crippen molar-refractivity contribution in [3.63, 3.8) is 0 Å². The number of benzene rings is 1. The number of carbonyl (C=O) groups excluding carboxylic acids is 1. The number of nitro benzene ring substituents is 1. The van der Waals surface area contributed by atoms with Crippen LogP contribution in [0.3, 0.4) is 0 Å². The normalized spacial score (nSPS) is 15.7. The number of non-ortho nitro benzene ring substituents is 1. The van der Waals surface area contributed by atoms with E-state index in [0.717, 1.165) is 11.3 Å². The number of Topliss-reactive ketones (excluding diaryl/α,β-unsaturated/α-hetero) is 1. The Morgan fingerprint density at radius 2 is 1.97 bits per heavy atom. The Balaban J connectivity index is 1.87. The summed E-state index contributed by atoms with van der Waals surface area (Å²) in [6.07, 6.45) is 4.50. The number of anilines is 1. The van der Waals surface area contributed by atoms with Crippen molar-refractivity contribution in [2.75, 3.05) is 5.32 Å². The molecule has 1 aliphatic rings. The maximum Gasteiger partial charge on any atom is 0.271 e. The molecule has 0 atom stereocenters. The van der Waals surface area contributed by atoms with Gasteiger partial charge in [0, 0.05) is 48.9 Å². The Hall–Kier alpha value is -3.13. The zero-order valence-corrected chi connectivity index (χ0v) is 17.1. The number of ketones is 1. The van der Waals surface area contributed by atoms with Crippen molar-refractivity contribution in [2.45, 2.75) is 33.2 Å². The fraction of sp³-hybridized carbons (Fsp3) is 0.286. The Morgan fingerprint density at radius 1 is 1.24 bits per heavy atom. The van der Waals surface area contributed by atoms with Crippen molar-refractivity contribution in [3.05, 3.63) is 75.7 Å². The van der Waals surface area contributed by atoms with E-state index < -0.39 is 4.92 Å². The maximum absolute atomic E-state index is 12.9. The second kappa shape index (κ2) is 8.48. The standard InChI is InChI=1S/C21H22N4O3S/c1-21(2)11-17(23-13-14-6-8-22-9-7-14)19(18(26)12-21)20(29)24-15-4-3-5-16(10-15)25(27)28/h3-10,23H,11-13H2,1-2H3,(H,24,29). The number of nitro groups is 1. The molecule has 150 valence electrons. The van der Waals surface area contributed by atoms with Crippen molar-refractivity contribution in [1.29, 1.82) is 0 Å². The smallest absolute Gasteiger partial charge is 0.271 e. The predicted molar refractivity (Wildman–Crippen MR) is 115 cm³/mol. The number of allylic oxidation sites excluding steroid dienone is 1. The molecule has 0 saturated carbocycles. The summed E-state index contributed by atoms with van der Waals surface area (Å²) in [6, 6.07) is 9.87. The van der Waals surface area contributed by atoms with E-state index >= 15 is 0 Å². The van der Waals surface area contributed by atoms with Gasteiger partial charge in [0.25, 0.3) is 5.69 Å². The number of pyridine rings is 1. The molecule has 0 radical (unpaired) electrons. The fourth-order valence-electron chi connectivity index (χ4n) is 3.34. The fourth-order valence-corrected chi connectivity index (χ4v) is 3.69. The molecule has 3 rings (SSSR count). The van der Waals surface area contributed by atoms with Gasteiger partial charge in [0.1, 0.15) is 4.99 Å². The van der Waals surface area contributed by atoms with Crippen LogP contribution in [0.15, 0.2) is 60.1 Å². The summed E-state index contributed by atoms with van der Waals surface area (Å²) in [5, 5.41) is 17.4. The molecule has 0 unspecified atom stereocenters. The summed E-state index contributed by atoms with van der Waals surface area (Å²) < 4.78 is 0. The van der Waals surface area contributed by atoms with Gasteiger partial charge in [-0.05, 0) is 35.6 Å². The number of rotatable bonds is 6. The molecule has 2 aromatic rings. The van der Waals surface area contributed by atoms with Crippen LogP contribution in [0.2, 0.25) is 0 Å². The van der Waals surface area contributed by atoms with Gasteiger partial charge in [-0.25, -0.2) is 0 Å². The maximum atomic E-state index is 12.9. The average molecular weight is 410 g/mol. The van der Waals surface area contributed by atoms with E-state index in [9.17, 15) is 14.9 Å². The van der Waals surface area contributed by atoms with E-state index in [2.05, 4.69) is 15.6 Å². The summed E-state index contributed by atoms with van der Waals surface area (Å²) in [4.78, 5) is 27.7. The molecule has 0 fully saturated rings. The van der Waals surface area contributed by atoms with E-state index in [4.69, 9.17) is 12.2 Å². The lowest BCUT2D eigenvalue weighted by atomic mass is 9.75. The molecule has 0 spiro atoms. The van der Waals surface area contributed by atoms with E-state index in [1.807, 2.05) is 26.0 Å². The Bertz CT molecular complexity index is 986. The van der Waals surface area contributed by atoms with Crippen LogP contribution < -0.4 is 10.6 Å². The predicted octanol–water partition coefficient (Wildman–Crippen LogP) is 4.16. The highest BCUT2D eigenvalue weighted by Crippen LogP contribution is 2.36. The molecule has 8 heteroatoms. The third-order valence-electron chi connectivity index (χ3n) is 4.67. The molecular weight excluding hydrogens is 388 g/mol. The number of nitrogens with one attached hydrogen (secondary N) is 2. The average Bonchev–Trinajstić information content (AvgIpc) is 2.66. The van der Waals surface area contributed by atoms with Gasteiger partial charge in [-0.15, -0.1) is 0 Å². The number of hydrogen-bond donors (Lipinski definition) is 2. The van der Waals surface area contributed by atoms with Crippen LogP contribution in [-0.2, 0) is 11.3 Å². The number of nitrogens with zero attached hydrogens (tertiary/aromatic N) is 2. The zero-order valence-electron chi connectivity index (χ0n) is 16.3. The second-order valence-corrected chi connectivity index (χ2v) is 8.17. The third-order valence-corrected chi connectivity index (χ3v) is 4.98. The molecule has 1 aromatic carbocycles. The molecule has 0 bridgehead atoms. The molecule has 29 heavy (non-hydrogen) atoms. The minimum absolute atomic E-state index is 0.0404. The Kier molecular flexibility index (Phi) is 6.03. The molecule has 0 saturated heterocycles. The van der Waals surface area contributed by atoms with Crippen LogP contribution in [0.25, 0.3) is 0 Å². The van der Waals surface area contributed by atoms with Crippen molar-refractivity contribution < 1.29 is 9.72 Å². The van der Waals surface area contributed by atoms with Crippen LogP contribution in [0.4, 0.5) is 11.4 Å². The van der Waals surface area contributed by atoms with E-state index in [0.29, 0.717) is 30.6 Å². The molecule has 0 amide bonds. The van der Waals surface area contributed by atoms with Gasteiger partial charge in [0.2, 0.25) is 0 Å². The van der Waals surface area contributed by atoms with Crippen LogP contribution in [-0.4, -0.2) is 20.7 Å². The first-order chi connectivity index (χ1) is 13.7. The van der Waals surface area contributed by atoms with Crippen LogP contribution in [0.5, 0.6) is 0 Å². The molecule has 1 heterocycles. The summed E-state index contributed by atoms with van der Waals surface area (Å²) in [5.74, 6) is -0.0404. The van der Waals surface area contributed by atoms with E-state index in [-0.39, 0.29) is 21.9 Å². The number of carbonyl (C=O) groups is 1. The largest absolute Gasteiger partial charge is 0.384 e. The van der Waals surface area contributed by atoms with Gasteiger partial charge in [-0.2, -0.15) is 0 Å². The minimum atomic E-state index is -0.469. The van der Waals surface area contributed by atoms with Gasteiger partial charge in [0.05, 0.1) is 10.5 Å². The molecular formula is C21H22N4O3S. The highest BCUT2D eigenvalue weighted by Gasteiger charge is 2.34.